The molecular formula is C22H18FN5O4S. The fraction of sp³-hybridized carbons (Fsp3) is 0.136. The van der Waals surface area contributed by atoms with Crippen LogP contribution in [0, 0.1) is 5.82 Å². The minimum absolute atomic E-state index is 0.0722. The minimum Gasteiger partial charge on any atom is -0.345 e. The largest absolute Gasteiger partial charge is 0.345 e. The molecule has 0 saturated carbocycles. The number of benzene rings is 1. The molecule has 0 aliphatic rings. The number of aldehydes is 1. The average Bonchev–Trinajstić information content (AvgIpc) is 3.23. The predicted molar refractivity (Wildman–Crippen MR) is 117 cm³/mol. The Hall–Kier alpha value is -3.99. The van der Waals surface area contributed by atoms with Crippen molar-refractivity contribution in [2.45, 2.75) is 17.5 Å². The maximum Gasteiger partial charge on any atom is 0.254 e. The molecule has 9 nitrogen and oxygen atoms in total. The van der Waals surface area contributed by atoms with Gasteiger partial charge in [-0.1, -0.05) is 0 Å². The van der Waals surface area contributed by atoms with E-state index in [-0.39, 0.29) is 22.8 Å². The van der Waals surface area contributed by atoms with Crippen molar-refractivity contribution in [1.29, 1.82) is 0 Å². The maximum absolute atomic E-state index is 13.3. The first kappa shape index (κ1) is 22.2. The molecule has 1 unspecified atom stereocenters. The molecule has 33 heavy (non-hydrogen) atoms. The van der Waals surface area contributed by atoms with Crippen molar-refractivity contribution in [2.75, 3.05) is 6.26 Å². The van der Waals surface area contributed by atoms with Gasteiger partial charge in [-0.05, 0) is 42.0 Å². The van der Waals surface area contributed by atoms with E-state index >= 15 is 0 Å². The van der Waals surface area contributed by atoms with Gasteiger partial charge in [0.1, 0.15) is 12.1 Å². The van der Waals surface area contributed by atoms with Crippen LogP contribution in [0.3, 0.4) is 0 Å². The molecule has 0 fully saturated rings. The minimum atomic E-state index is -3.57. The van der Waals surface area contributed by atoms with Crippen LogP contribution in [-0.2, 0) is 14.6 Å². The first-order chi connectivity index (χ1) is 15.8. The van der Waals surface area contributed by atoms with Crippen LogP contribution < -0.4 is 5.32 Å². The number of rotatable bonds is 7. The van der Waals surface area contributed by atoms with Crippen molar-refractivity contribution in [3.63, 3.8) is 0 Å². The number of aromatic nitrogens is 4. The molecule has 4 aromatic rings. The quantitative estimate of drug-likeness (QED) is 0.414. The van der Waals surface area contributed by atoms with Gasteiger partial charge in [-0.25, -0.2) is 22.5 Å². The molecule has 0 aliphatic heterocycles. The van der Waals surface area contributed by atoms with Crippen LogP contribution in [-0.4, -0.2) is 46.6 Å². The summed E-state index contributed by atoms with van der Waals surface area (Å²) in [6, 6.07) is 7.80. The monoisotopic (exact) mass is 467 g/mol. The smallest absolute Gasteiger partial charge is 0.254 e. The number of hydrogen-bond donors (Lipinski definition) is 1. The molecule has 3 aromatic heterocycles. The Labute approximate surface area is 188 Å². The third-order valence-corrected chi connectivity index (χ3v) is 5.97. The standard InChI is InChI=1S/C22H18FN5O4S/c1-33(31,32)21-10-14(6-8-25-21)19(7-9-29)27-22(30)18-11-24-13-20-17(18)12-26-28(20)16-4-2-15(23)3-5-16/h2-6,8-13,19H,7H2,1H3,(H,27,30). The van der Waals surface area contributed by atoms with E-state index in [2.05, 4.69) is 20.4 Å². The number of pyridine rings is 2. The van der Waals surface area contributed by atoms with Gasteiger partial charge >= 0.3 is 0 Å². The zero-order valence-corrected chi connectivity index (χ0v) is 18.2. The van der Waals surface area contributed by atoms with E-state index in [9.17, 15) is 22.4 Å². The van der Waals surface area contributed by atoms with Crippen LogP contribution in [0.25, 0.3) is 16.6 Å². The van der Waals surface area contributed by atoms with Gasteiger partial charge in [0.25, 0.3) is 5.91 Å². The van der Waals surface area contributed by atoms with E-state index in [4.69, 9.17) is 0 Å². The number of nitrogens with one attached hydrogen (secondary N) is 1. The number of nitrogens with zero attached hydrogens (tertiary/aromatic N) is 4. The fourth-order valence-corrected chi connectivity index (χ4v) is 3.97. The highest BCUT2D eigenvalue weighted by molar-refractivity contribution is 7.90. The number of sulfone groups is 1. The Morgan fingerprint density at radius 1 is 1.18 bits per heavy atom. The number of hydrogen-bond acceptors (Lipinski definition) is 7. The maximum atomic E-state index is 13.3. The normalized spacial score (nSPS) is 12.4. The van der Waals surface area contributed by atoms with E-state index in [0.29, 0.717) is 28.4 Å². The van der Waals surface area contributed by atoms with E-state index in [1.165, 1.54) is 53.7 Å². The van der Waals surface area contributed by atoms with Gasteiger partial charge in [-0.15, -0.1) is 0 Å². The fourth-order valence-electron chi connectivity index (χ4n) is 3.37. The lowest BCUT2D eigenvalue weighted by Crippen LogP contribution is -2.29. The molecule has 4 rings (SSSR count). The third kappa shape index (κ3) is 4.62. The van der Waals surface area contributed by atoms with Crippen LogP contribution in [0.15, 0.2) is 66.2 Å². The van der Waals surface area contributed by atoms with Crippen molar-refractivity contribution < 1.29 is 22.4 Å². The molecule has 11 heteroatoms. The second kappa shape index (κ2) is 8.87. The Balaban J connectivity index is 1.68. The Morgan fingerprint density at radius 2 is 1.94 bits per heavy atom. The second-order valence-corrected chi connectivity index (χ2v) is 9.24. The van der Waals surface area contributed by atoms with Crippen LogP contribution in [0.1, 0.15) is 28.4 Å². The van der Waals surface area contributed by atoms with E-state index in [0.717, 1.165) is 6.26 Å². The van der Waals surface area contributed by atoms with E-state index < -0.39 is 21.8 Å². The first-order valence-electron chi connectivity index (χ1n) is 9.76. The van der Waals surface area contributed by atoms with Crippen molar-refractivity contribution in [3.8, 4) is 5.69 Å². The van der Waals surface area contributed by atoms with Crippen molar-refractivity contribution in [1.82, 2.24) is 25.1 Å². The van der Waals surface area contributed by atoms with Crippen molar-refractivity contribution >= 4 is 32.9 Å². The summed E-state index contributed by atoms with van der Waals surface area (Å²) in [5.74, 6) is -0.902. The van der Waals surface area contributed by atoms with Crippen molar-refractivity contribution in [2.24, 2.45) is 0 Å². The second-order valence-electron chi connectivity index (χ2n) is 7.28. The van der Waals surface area contributed by atoms with Gasteiger partial charge in [0.2, 0.25) is 0 Å². The highest BCUT2D eigenvalue weighted by Crippen LogP contribution is 2.23. The van der Waals surface area contributed by atoms with Gasteiger partial charge in [0.15, 0.2) is 14.9 Å². The number of amides is 1. The summed E-state index contributed by atoms with van der Waals surface area (Å²) in [7, 11) is -3.57. The molecule has 1 N–H and O–H groups in total. The van der Waals surface area contributed by atoms with Crippen LogP contribution in [0.2, 0.25) is 0 Å². The SMILES string of the molecule is CS(=O)(=O)c1cc(C(CC=O)NC(=O)c2cncc3c2cnn3-c2ccc(F)cc2)ccn1. The summed E-state index contributed by atoms with van der Waals surface area (Å²) in [5.41, 5.74) is 1.77. The van der Waals surface area contributed by atoms with Gasteiger partial charge in [-0.2, -0.15) is 5.10 Å². The zero-order valence-electron chi connectivity index (χ0n) is 17.3. The van der Waals surface area contributed by atoms with Gasteiger partial charge < -0.3 is 10.1 Å². The van der Waals surface area contributed by atoms with Crippen LogP contribution in [0.5, 0.6) is 0 Å². The Kier molecular flexibility index (Phi) is 5.97. The van der Waals surface area contributed by atoms with Crippen molar-refractivity contribution in [3.05, 3.63) is 78.1 Å². The molecule has 0 radical (unpaired) electrons. The molecule has 3 heterocycles. The topological polar surface area (TPSA) is 124 Å². The van der Waals surface area contributed by atoms with Gasteiger partial charge in [0.05, 0.1) is 35.2 Å². The molecule has 0 saturated heterocycles. The van der Waals surface area contributed by atoms with Crippen LogP contribution in [0.4, 0.5) is 4.39 Å². The summed E-state index contributed by atoms with van der Waals surface area (Å²) in [4.78, 5) is 32.3. The zero-order chi connectivity index (χ0) is 23.6. The summed E-state index contributed by atoms with van der Waals surface area (Å²) < 4.78 is 38.5. The number of carbonyl (C=O) groups is 2. The molecule has 1 amide bonds. The molecule has 0 bridgehead atoms. The van der Waals surface area contributed by atoms with Crippen LogP contribution >= 0.6 is 0 Å². The summed E-state index contributed by atoms with van der Waals surface area (Å²) in [6.45, 7) is 0. The molecule has 0 spiro atoms. The number of carbonyl (C=O) groups excluding carboxylic acids is 2. The molecule has 168 valence electrons. The van der Waals surface area contributed by atoms with E-state index in [1.807, 2.05) is 0 Å². The lowest BCUT2D eigenvalue weighted by atomic mass is 10.0. The van der Waals surface area contributed by atoms with Gasteiger partial charge in [0, 0.05) is 30.5 Å². The summed E-state index contributed by atoms with van der Waals surface area (Å²) in [6.07, 6.45) is 7.31. The Bertz CT molecular complexity index is 1450. The third-order valence-electron chi connectivity index (χ3n) is 4.99. The summed E-state index contributed by atoms with van der Waals surface area (Å²) >= 11 is 0. The predicted octanol–water partition coefficient (Wildman–Crippen LogP) is 2.42. The molecule has 1 aromatic carbocycles. The van der Waals surface area contributed by atoms with Gasteiger partial charge in [-0.3, -0.25) is 9.78 Å². The highest BCUT2D eigenvalue weighted by Gasteiger charge is 2.21. The number of halogens is 1. The number of fused-ring (bicyclic) bond motifs is 1. The average molecular weight is 467 g/mol. The molecule has 1 atom stereocenters. The summed E-state index contributed by atoms with van der Waals surface area (Å²) in [5, 5.41) is 7.40. The van der Waals surface area contributed by atoms with E-state index in [1.54, 1.807) is 12.1 Å². The lowest BCUT2D eigenvalue weighted by Gasteiger charge is -2.17. The molecule has 0 aliphatic carbocycles. The lowest BCUT2D eigenvalue weighted by molar-refractivity contribution is -0.108. The Morgan fingerprint density at radius 3 is 2.64 bits per heavy atom. The highest BCUT2D eigenvalue weighted by atomic mass is 32.2. The molecular weight excluding hydrogens is 449 g/mol. The first-order valence-corrected chi connectivity index (χ1v) is 11.7.